The molecule has 0 aliphatic heterocycles. The van der Waals surface area contributed by atoms with E-state index < -0.39 is 0 Å². The molecular weight excluding hydrogens is 184 g/mol. The van der Waals surface area contributed by atoms with Gasteiger partial charge in [-0.1, -0.05) is 32.4 Å². The van der Waals surface area contributed by atoms with Crippen LogP contribution in [0, 0.1) is 5.41 Å². The van der Waals surface area contributed by atoms with Gasteiger partial charge in [-0.15, -0.1) is 0 Å². The highest BCUT2D eigenvalue weighted by molar-refractivity contribution is 6.29. The number of halogens is 1. The first-order valence-corrected chi connectivity index (χ1v) is 4.66. The second kappa shape index (κ2) is 3.54. The van der Waals surface area contributed by atoms with Crippen LogP contribution in [0.15, 0.2) is 12.1 Å². The van der Waals surface area contributed by atoms with Crippen molar-refractivity contribution >= 4 is 17.4 Å². The molecule has 1 aromatic heterocycles. The van der Waals surface area contributed by atoms with E-state index in [1.54, 1.807) is 0 Å². The fraction of sp³-hybridized carbons (Fsp3) is 0.500. The number of hydrogen-bond acceptors (Lipinski definition) is 2. The molecule has 0 saturated carbocycles. The zero-order chi connectivity index (χ0) is 10.1. The zero-order valence-corrected chi connectivity index (χ0v) is 9.02. The summed E-state index contributed by atoms with van der Waals surface area (Å²) in [5.41, 5.74) is 6.97. The lowest BCUT2D eigenvalue weighted by molar-refractivity contribution is 0.411. The summed E-state index contributed by atoms with van der Waals surface area (Å²) in [6.07, 6.45) is 0.958. The molecule has 0 amide bonds. The van der Waals surface area contributed by atoms with Gasteiger partial charge in [-0.3, -0.25) is 0 Å². The van der Waals surface area contributed by atoms with Gasteiger partial charge in [0.05, 0.1) is 0 Å². The van der Waals surface area contributed by atoms with Crippen LogP contribution in [0.5, 0.6) is 0 Å². The summed E-state index contributed by atoms with van der Waals surface area (Å²) in [5.74, 6) is 0.492. The van der Waals surface area contributed by atoms with E-state index in [4.69, 9.17) is 17.3 Å². The topological polar surface area (TPSA) is 38.9 Å². The third kappa shape index (κ3) is 3.64. The van der Waals surface area contributed by atoms with Gasteiger partial charge in [0, 0.05) is 0 Å². The molecule has 13 heavy (non-hydrogen) atoms. The number of nitrogens with two attached hydrogens (primary N) is 1. The molecular formula is C10H15ClN2. The van der Waals surface area contributed by atoms with E-state index >= 15 is 0 Å². The molecule has 1 rings (SSSR count). The highest BCUT2D eigenvalue weighted by atomic mass is 35.5. The smallest absolute Gasteiger partial charge is 0.131 e. The summed E-state index contributed by atoms with van der Waals surface area (Å²) in [4.78, 5) is 3.91. The molecule has 0 spiro atoms. The van der Waals surface area contributed by atoms with E-state index in [1.807, 2.05) is 12.1 Å². The molecule has 0 aromatic carbocycles. The average molecular weight is 199 g/mol. The second-order valence-electron chi connectivity index (χ2n) is 4.46. The Morgan fingerprint density at radius 2 is 2.00 bits per heavy atom. The van der Waals surface area contributed by atoms with Crippen LogP contribution in [0.25, 0.3) is 0 Å². The molecule has 0 saturated heterocycles. The van der Waals surface area contributed by atoms with Crippen LogP contribution in [0.3, 0.4) is 0 Å². The number of nitrogen functional groups attached to an aromatic ring is 1. The van der Waals surface area contributed by atoms with Gasteiger partial charge < -0.3 is 5.73 Å². The molecule has 3 heteroatoms. The third-order valence-electron chi connectivity index (χ3n) is 1.61. The van der Waals surface area contributed by atoms with Crippen LogP contribution in [0.2, 0.25) is 5.15 Å². The Labute approximate surface area is 84.1 Å². The van der Waals surface area contributed by atoms with Crippen LogP contribution in [-0.2, 0) is 6.42 Å². The molecule has 0 aliphatic carbocycles. The van der Waals surface area contributed by atoms with Crippen LogP contribution in [0.4, 0.5) is 5.82 Å². The van der Waals surface area contributed by atoms with Crippen LogP contribution >= 0.6 is 11.6 Å². The minimum absolute atomic E-state index is 0.247. The lowest BCUT2D eigenvalue weighted by Gasteiger charge is -2.18. The van der Waals surface area contributed by atoms with Gasteiger partial charge in [0.25, 0.3) is 0 Å². The lowest BCUT2D eigenvalue weighted by Crippen LogP contribution is -2.09. The standard InChI is InChI=1S/C10H15ClN2/c1-10(2,3)6-7-4-8(11)13-9(12)5-7/h4-5H,6H2,1-3H3,(H2,12,13). The third-order valence-corrected chi connectivity index (χ3v) is 1.80. The normalized spacial score (nSPS) is 11.7. The second-order valence-corrected chi connectivity index (χ2v) is 4.85. The van der Waals surface area contributed by atoms with E-state index in [0.717, 1.165) is 12.0 Å². The van der Waals surface area contributed by atoms with Crippen LogP contribution < -0.4 is 5.73 Å². The number of anilines is 1. The predicted octanol–water partition coefficient (Wildman–Crippen LogP) is 2.91. The Morgan fingerprint density at radius 3 is 2.46 bits per heavy atom. The maximum absolute atomic E-state index is 5.79. The van der Waals surface area contributed by atoms with Crippen molar-refractivity contribution in [2.24, 2.45) is 5.41 Å². The largest absolute Gasteiger partial charge is 0.384 e. The van der Waals surface area contributed by atoms with Crippen LogP contribution in [0.1, 0.15) is 26.3 Å². The summed E-state index contributed by atoms with van der Waals surface area (Å²) >= 11 is 5.79. The van der Waals surface area contributed by atoms with E-state index in [1.165, 1.54) is 0 Å². The van der Waals surface area contributed by atoms with E-state index in [-0.39, 0.29) is 5.41 Å². The Hall–Kier alpha value is -0.760. The minimum atomic E-state index is 0.247. The first-order valence-electron chi connectivity index (χ1n) is 4.29. The first-order chi connectivity index (χ1) is 5.87. The van der Waals surface area contributed by atoms with Crippen molar-refractivity contribution in [3.63, 3.8) is 0 Å². The van der Waals surface area contributed by atoms with Gasteiger partial charge in [0.15, 0.2) is 0 Å². The number of rotatable bonds is 1. The minimum Gasteiger partial charge on any atom is -0.384 e. The van der Waals surface area contributed by atoms with E-state index in [9.17, 15) is 0 Å². The van der Waals surface area contributed by atoms with Crippen molar-refractivity contribution in [2.75, 3.05) is 5.73 Å². The molecule has 1 heterocycles. The Bertz CT molecular complexity index is 282. The van der Waals surface area contributed by atoms with Crippen LogP contribution in [-0.4, -0.2) is 4.98 Å². The number of aromatic nitrogens is 1. The Kier molecular flexibility index (Phi) is 2.81. The van der Waals surface area contributed by atoms with Crippen molar-refractivity contribution in [1.29, 1.82) is 0 Å². The van der Waals surface area contributed by atoms with Gasteiger partial charge in [-0.2, -0.15) is 0 Å². The molecule has 0 aliphatic rings. The van der Waals surface area contributed by atoms with Crippen molar-refractivity contribution < 1.29 is 0 Å². The maximum atomic E-state index is 5.79. The molecule has 1 aromatic rings. The van der Waals surface area contributed by atoms with Gasteiger partial charge >= 0.3 is 0 Å². The van der Waals surface area contributed by atoms with E-state index in [0.29, 0.717) is 11.0 Å². The Balaban J connectivity index is 2.90. The van der Waals surface area contributed by atoms with Gasteiger partial charge in [0.1, 0.15) is 11.0 Å². The fourth-order valence-electron chi connectivity index (χ4n) is 1.29. The molecule has 0 bridgehead atoms. The highest BCUT2D eigenvalue weighted by Crippen LogP contribution is 2.22. The van der Waals surface area contributed by atoms with Gasteiger partial charge in [-0.25, -0.2) is 4.98 Å². The quantitative estimate of drug-likeness (QED) is 0.705. The van der Waals surface area contributed by atoms with E-state index in [2.05, 4.69) is 25.8 Å². The van der Waals surface area contributed by atoms with Crippen molar-refractivity contribution in [2.45, 2.75) is 27.2 Å². The fourth-order valence-corrected chi connectivity index (χ4v) is 1.52. The predicted molar refractivity (Wildman–Crippen MR) is 56.8 cm³/mol. The summed E-state index contributed by atoms with van der Waals surface area (Å²) in [6, 6.07) is 3.74. The van der Waals surface area contributed by atoms with Gasteiger partial charge in [-0.05, 0) is 29.5 Å². The van der Waals surface area contributed by atoms with Crippen molar-refractivity contribution in [3.05, 3.63) is 22.8 Å². The molecule has 0 radical (unpaired) electrons. The zero-order valence-electron chi connectivity index (χ0n) is 8.26. The van der Waals surface area contributed by atoms with Crippen molar-refractivity contribution in [3.8, 4) is 0 Å². The molecule has 2 N–H and O–H groups in total. The molecule has 72 valence electrons. The summed E-state index contributed by atoms with van der Waals surface area (Å²) in [5, 5.41) is 0.472. The molecule has 0 unspecified atom stereocenters. The SMILES string of the molecule is CC(C)(C)Cc1cc(N)nc(Cl)c1. The first kappa shape index (κ1) is 10.3. The van der Waals surface area contributed by atoms with Crippen molar-refractivity contribution in [1.82, 2.24) is 4.98 Å². The molecule has 0 fully saturated rings. The number of pyridine rings is 1. The highest BCUT2D eigenvalue weighted by Gasteiger charge is 2.12. The Morgan fingerprint density at radius 1 is 1.38 bits per heavy atom. The monoisotopic (exact) mass is 198 g/mol. The lowest BCUT2D eigenvalue weighted by atomic mass is 9.88. The summed E-state index contributed by atoms with van der Waals surface area (Å²) in [6.45, 7) is 6.53. The maximum Gasteiger partial charge on any atom is 0.131 e. The number of nitrogens with zero attached hydrogens (tertiary/aromatic N) is 1. The molecule has 2 nitrogen and oxygen atoms in total. The summed E-state index contributed by atoms with van der Waals surface area (Å²) in [7, 11) is 0. The molecule has 0 atom stereocenters. The average Bonchev–Trinajstić information content (AvgIpc) is 1.78. The summed E-state index contributed by atoms with van der Waals surface area (Å²) < 4.78 is 0. The number of hydrogen-bond donors (Lipinski definition) is 1. The van der Waals surface area contributed by atoms with Gasteiger partial charge in [0.2, 0.25) is 0 Å².